The quantitative estimate of drug-likeness (QED) is 0.929. The van der Waals surface area contributed by atoms with Gasteiger partial charge in [-0.2, -0.15) is 5.26 Å². The van der Waals surface area contributed by atoms with E-state index in [2.05, 4.69) is 10.3 Å². The summed E-state index contributed by atoms with van der Waals surface area (Å²) in [7, 11) is 1.45. The Labute approximate surface area is 114 Å². The summed E-state index contributed by atoms with van der Waals surface area (Å²) in [6.07, 6.45) is 1.27. The number of benzene rings is 1. The van der Waals surface area contributed by atoms with Crippen LogP contribution in [0.5, 0.6) is 5.75 Å². The third-order valence-corrected chi connectivity index (χ3v) is 2.55. The molecule has 0 saturated carbocycles. The predicted octanol–water partition coefficient (Wildman–Crippen LogP) is 2.35. The number of hydrogen-bond donors (Lipinski definition) is 1. The van der Waals surface area contributed by atoms with Crippen molar-refractivity contribution >= 4 is 11.6 Å². The van der Waals surface area contributed by atoms with Crippen LogP contribution in [-0.2, 0) is 0 Å². The Morgan fingerprint density at radius 3 is 2.80 bits per heavy atom. The molecule has 1 N–H and O–H groups in total. The first kappa shape index (κ1) is 13.5. The maximum atomic E-state index is 13.6. The fourth-order valence-corrected chi connectivity index (χ4v) is 1.51. The molecule has 0 aliphatic heterocycles. The zero-order chi connectivity index (χ0) is 14.5. The van der Waals surface area contributed by atoms with E-state index >= 15 is 0 Å². The minimum Gasteiger partial charge on any atom is -0.497 e. The number of hydrogen-bond acceptors (Lipinski definition) is 4. The summed E-state index contributed by atoms with van der Waals surface area (Å²) in [4.78, 5) is 15.7. The van der Waals surface area contributed by atoms with E-state index in [1.165, 1.54) is 43.6 Å². The van der Waals surface area contributed by atoms with Crippen molar-refractivity contribution in [1.82, 2.24) is 4.98 Å². The maximum absolute atomic E-state index is 13.6. The van der Waals surface area contributed by atoms with E-state index in [0.717, 1.165) is 0 Å². The molecule has 20 heavy (non-hydrogen) atoms. The number of carbonyl (C=O) groups is 1. The van der Waals surface area contributed by atoms with Gasteiger partial charge in [-0.25, -0.2) is 9.37 Å². The highest BCUT2D eigenvalue weighted by Crippen LogP contribution is 2.21. The van der Waals surface area contributed by atoms with E-state index in [1.807, 2.05) is 6.07 Å². The van der Waals surface area contributed by atoms with Crippen molar-refractivity contribution in [3.05, 3.63) is 53.6 Å². The molecule has 100 valence electrons. The average molecular weight is 271 g/mol. The maximum Gasteiger partial charge on any atom is 0.274 e. The van der Waals surface area contributed by atoms with Gasteiger partial charge in [-0.15, -0.1) is 0 Å². The van der Waals surface area contributed by atoms with E-state index in [0.29, 0.717) is 11.3 Å². The minimum atomic E-state index is -0.576. The van der Waals surface area contributed by atoms with Gasteiger partial charge in [0, 0.05) is 12.3 Å². The lowest BCUT2D eigenvalue weighted by atomic mass is 10.2. The second-order valence-corrected chi connectivity index (χ2v) is 3.84. The number of carbonyl (C=O) groups excluding carboxylic acids is 1. The number of halogens is 1. The Kier molecular flexibility index (Phi) is 3.91. The Morgan fingerprint density at radius 1 is 1.40 bits per heavy atom. The molecule has 1 heterocycles. The number of ether oxygens (including phenoxy) is 1. The first-order valence-electron chi connectivity index (χ1n) is 5.65. The average Bonchev–Trinajstić information content (AvgIpc) is 2.49. The first-order chi connectivity index (χ1) is 9.63. The summed E-state index contributed by atoms with van der Waals surface area (Å²) in [6.45, 7) is 0. The van der Waals surface area contributed by atoms with Crippen LogP contribution in [0.4, 0.5) is 10.1 Å². The number of aromatic nitrogens is 1. The summed E-state index contributed by atoms with van der Waals surface area (Å²) in [5.41, 5.74) is 0.431. The molecular weight excluding hydrogens is 261 g/mol. The van der Waals surface area contributed by atoms with Gasteiger partial charge in [0.1, 0.15) is 23.3 Å². The van der Waals surface area contributed by atoms with Crippen LogP contribution in [0.25, 0.3) is 0 Å². The van der Waals surface area contributed by atoms with Crippen LogP contribution < -0.4 is 10.1 Å². The summed E-state index contributed by atoms with van der Waals surface area (Å²) in [5.74, 6) is -0.719. The van der Waals surface area contributed by atoms with E-state index < -0.39 is 11.7 Å². The standard InChI is InChI=1S/C14H10FN3O2/c1-20-10-3-4-11(15)13(6-10)18-14(19)12-5-2-9(7-16)8-17-12/h2-6,8H,1H3,(H,18,19). The smallest absolute Gasteiger partial charge is 0.274 e. The summed E-state index contributed by atoms with van der Waals surface area (Å²) in [6, 6.07) is 8.77. The Bertz CT molecular complexity index is 678. The zero-order valence-corrected chi connectivity index (χ0v) is 10.6. The van der Waals surface area contributed by atoms with E-state index in [9.17, 15) is 9.18 Å². The normalized spacial score (nSPS) is 9.65. The van der Waals surface area contributed by atoms with Gasteiger partial charge < -0.3 is 10.1 Å². The van der Waals surface area contributed by atoms with Crippen LogP contribution in [0.2, 0.25) is 0 Å². The van der Waals surface area contributed by atoms with Crippen molar-refractivity contribution in [3.8, 4) is 11.8 Å². The highest BCUT2D eigenvalue weighted by molar-refractivity contribution is 6.03. The predicted molar refractivity (Wildman–Crippen MR) is 69.9 cm³/mol. The number of rotatable bonds is 3. The highest BCUT2D eigenvalue weighted by Gasteiger charge is 2.11. The molecule has 2 aromatic rings. The number of amides is 1. The summed E-state index contributed by atoms with van der Waals surface area (Å²) >= 11 is 0. The topological polar surface area (TPSA) is 75.0 Å². The van der Waals surface area contributed by atoms with Crippen molar-refractivity contribution in [3.63, 3.8) is 0 Å². The number of nitrogens with zero attached hydrogens (tertiary/aromatic N) is 2. The van der Waals surface area contributed by atoms with E-state index in [-0.39, 0.29) is 11.4 Å². The third-order valence-electron chi connectivity index (χ3n) is 2.55. The van der Waals surface area contributed by atoms with Gasteiger partial charge in [0.05, 0.1) is 18.4 Å². The lowest BCUT2D eigenvalue weighted by Gasteiger charge is -2.07. The SMILES string of the molecule is COc1ccc(F)c(NC(=O)c2ccc(C#N)cn2)c1. The Hall–Kier alpha value is -2.94. The van der Waals surface area contributed by atoms with Crippen molar-refractivity contribution in [2.75, 3.05) is 12.4 Å². The minimum absolute atomic E-state index is 0.000472. The largest absolute Gasteiger partial charge is 0.497 e. The Morgan fingerprint density at radius 2 is 2.20 bits per heavy atom. The van der Waals surface area contributed by atoms with Gasteiger partial charge in [-0.3, -0.25) is 4.79 Å². The van der Waals surface area contributed by atoms with Gasteiger partial charge in [0.25, 0.3) is 5.91 Å². The molecule has 0 saturated heterocycles. The molecule has 5 nitrogen and oxygen atoms in total. The van der Waals surface area contributed by atoms with Crippen LogP contribution in [0, 0.1) is 17.1 Å². The molecule has 1 aromatic carbocycles. The van der Waals surface area contributed by atoms with Gasteiger partial charge in [-0.1, -0.05) is 0 Å². The first-order valence-corrected chi connectivity index (χ1v) is 5.65. The van der Waals surface area contributed by atoms with E-state index in [4.69, 9.17) is 10.00 Å². The molecule has 0 radical (unpaired) electrons. The molecule has 6 heteroatoms. The van der Waals surface area contributed by atoms with Crippen LogP contribution in [0.3, 0.4) is 0 Å². The van der Waals surface area contributed by atoms with Gasteiger partial charge >= 0.3 is 0 Å². The monoisotopic (exact) mass is 271 g/mol. The second-order valence-electron chi connectivity index (χ2n) is 3.84. The number of methoxy groups -OCH3 is 1. The van der Waals surface area contributed by atoms with Crippen LogP contribution in [0.1, 0.15) is 16.1 Å². The third kappa shape index (κ3) is 2.90. The lowest BCUT2D eigenvalue weighted by Crippen LogP contribution is -2.14. The molecular formula is C14H10FN3O2. The number of nitrogens with one attached hydrogen (secondary N) is 1. The van der Waals surface area contributed by atoms with Crippen molar-refractivity contribution in [1.29, 1.82) is 5.26 Å². The molecule has 0 fully saturated rings. The Balaban J connectivity index is 2.20. The molecule has 0 aliphatic rings. The molecule has 0 aliphatic carbocycles. The second kappa shape index (κ2) is 5.80. The van der Waals surface area contributed by atoms with Crippen molar-refractivity contribution < 1.29 is 13.9 Å². The highest BCUT2D eigenvalue weighted by atomic mass is 19.1. The number of nitriles is 1. The van der Waals surface area contributed by atoms with E-state index in [1.54, 1.807) is 0 Å². The molecule has 0 unspecified atom stereocenters. The zero-order valence-electron chi connectivity index (χ0n) is 10.6. The molecule has 0 atom stereocenters. The fraction of sp³-hybridized carbons (Fsp3) is 0.0714. The van der Waals surface area contributed by atoms with Gasteiger partial charge in [-0.05, 0) is 24.3 Å². The van der Waals surface area contributed by atoms with Crippen molar-refractivity contribution in [2.24, 2.45) is 0 Å². The summed E-state index contributed by atoms with van der Waals surface area (Å²) < 4.78 is 18.5. The van der Waals surface area contributed by atoms with Gasteiger partial charge in [0.2, 0.25) is 0 Å². The van der Waals surface area contributed by atoms with Gasteiger partial charge in [0.15, 0.2) is 0 Å². The summed E-state index contributed by atoms with van der Waals surface area (Å²) in [5, 5.41) is 11.0. The molecule has 2 rings (SSSR count). The van der Waals surface area contributed by atoms with Crippen LogP contribution >= 0.6 is 0 Å². The molecule has 0 spiro atoms. The molecule has 1 amide bonds. The molecule has 0 bridgehead atoms. The van der Waals surface area contributed by atoms with Crippen molar-refractivity contribution in [2.45, 2.75) is 0 Å². The van der Waals surface area contributed by atoms with Crippen LogP contribution in [0.15, 0.2) is 36.5 Å². The van der Waals surface area contributed by atoms with Crippen LogP contribution in [-0.4, -0.2) is 18.0 Å². The number of pyridine rings is 1. The fourth-order valence-electron chi connectivity index (χ4n) is 1.51. The molecule has 1 aromatic heterocycles. The lowest BCUT2D eigenvalue weighted by molar-refractivity contribution is 0.102. The number of anilines is 1.